The Morgan fingerprint density at radius 2 is 1.60 bits per heavy atom. The molecule has 4 nitrogen and oxygen atoms in total. The molecular formula is C20H11Cl4F7N2O2. The number of nitrogens with one attached hydrogen (secondary N) is 2. The van der Waals surface area contributed by atoms with Crippen molar-refractivity contribution < 1.29 is 40.3 Å². The molecule has 0 unspecified atom stereocenters. The molecule has 35 heavy (non-hydrogen) atoms. The molecule has 0 heterocycles. The second-order valence-corrected chi connectivity index (χ2v) is 9.73. The van der Waals surface area contributed by atoms with Gasteiger partial charge in [-0.25, -0.2) is 8.78 Å². The zero-order chi connectivity index (χ0) is 26.5. The first-order valence-corrected chi connectivity index (χ1v) is 10.8. The number of amides is 2. The summed E-state index contributed by atoms with van der Waals surface area (Å²) in [5.41, 5.74) is -0.883. The molecule has 2 amide bonds. The van der Waals surface area contributed by atoms with Gasteiger partial charge in [0.15, 0.2) is 0 Å². The smallest absolute Gasteiger partial charge is 0.346 e. The summed E-state index contributed by atoms with van der Waals surface area (Å²) in [4.78, 5) is 24.8. The molecule has 0 radical (unpaired) electrons. The maximum absolute atomic E-state index is 14.2. The molecule has 1 fully saturated rings. The molecule has 15 heteroatoms. The molecule has 1 aliphatic rings. The lowest BCUT2D eigenvalue weighted by Gasteiger charge is -2.20. The molecule has 0 spiro atoms. The van der Waals surface area contributed by atoms with Crippen molar-refractivity contribution in [3.8, 4) is 0 Å². The summed E-state index contributed by atoms with van der Waals surface area (Å²) >= 11 is 23.7. The minimum atomic E-state index is -5.93. The summed E-state index contributed by atoms with van der Waals surface area (Å²) in [6, 6.07) is 5.00. The molecule has 0 aliphatic heterocycles. The Morgan fingerprint density at radius 1 is 0.971 bits per heavy atom. The zero-order valence-corrected chi connectivity index (χ0v) is 19.7. The van der Waals surface area contributed by atoms with Crippen LogP contribution in [0.4, 0.5) is 36.4 Å². The minimum Gasteiger partial charge on any atom is -0.346 e. The van der Waals surface area contributed by atoms with Crippen LogP contribution >= 0.6 is 46.4 Å². The number of alkyl halides is 7. The van der Waals surface area contributed by atoms with E-state index in [1.165, 1.54) is 17.4 Å². The molecule has 2 aromatic rings. The Bertz CT molecular complexity index is 1190. The quantitative estimate of drug-likeness (QED) is 0.292. The van der Waals surface area contributed by atoms with Crippen molar-refractivity contribution in [2.45, 2.75) is 22.4 Å². The number of anilines is 1. The fourth-order valence-corrected chi connectivity index (χ4v) is 4.42. The molecular weight excluding hydrogens is 575 g/mol. The summed E-state index contributed by atoms with van der Waals surface area (Å²) in [7, 11) is 0. The SMILES string of the molecule is O=C(NCC(F)(F)C(F)(F)F)c1cc(NC(=O)[C@H]2[C@H](c3ccc(F)c(Cl)c3)C2(Cl)Cl)cc(F)c1Cl. The number of halogens is 11. The average Bonchev–Trinajstić information content (AvgIpc) is 3.32. The van der Waals surface area contributed by atoms with E-state index in [-0.39, 0.29) is 5.02 Å². The van der Waals surface area contributed by atoms with Crippen LogP contribution in [0.25, 0.3) is 0 Å². The predicted molar refractivity (Wildman–Crippen MR) is 115 cm³/mol. The maximum atomic E-state index is 14.2. The predicted octanol–water partition coefficient (Wildman–Crippen LogP) is 6.73. The molecule has 1 saturated carbocycles. The number of benzene rings is 2. The van der Waals surface area contributed by atoms with Crippen LogP contribution in [0, 0.1) is 17.6 Å². The van der Waals surface area contributed by atoms with Crippen molar-refractivity contribution in [2.75, 3.05) is 11.9 Å². The van der Waals surface area contributed by atoms with Crippen molar-refractivity contribution in [3.63, 3.8) is 0 Å². The zero-order valence-electron chi connectivity index (χ0n) is 16.7. The van der Waals surface area contributed by atoms with Crippen molar-refractivity contribution in [1.82, 2.24) is 5.32 Å². The van der Waals surface area contributed by atoms with E-state index >= 15 is 0 Å². The van der Waals surface area contributed by atoms with Crippen LogP contribution < -0.4 is 10.6 Å². The van der Waals surface area contributed by atoms with Crippen LogP contribution in [-0.4, -0.2) is 34.8 Å². The van der Waals surface area contributed by atoms with E-state index in [2.05, 4.69) is 5.32 Å². The molecule has 2 N–H and O–H groups in total. The first-order chi connectivity index (χ1) is 16.0. The monoisotopic (exact) mass is 584 g/mol. The van der Waals surface area contributed by atoms with Crippen LogP contribution in [0.3, 0.4) is 0 Å². The van der Waals surface area contributed by atoms with Gasteiger partial charge >= 0.3 is 12.1 Å². The van der Waals surface area contributed by atoms with Gasteiger partial charge in [-0.1, -0.05) is 29.3 Å². The average molecular weight is 586 g/mol. The van der Waals surface area contributed by atoms with Gasteiger partial charge in [0.1, 0.15) is 16.0 Å². The highest BCUT2D eigenvalue weighted by molar-refractivity contribution is 6.53. The molecule has 3 rings (SSSR count). The van der Waals surface area contributed by atoms with E-state index in [4.69, 9.17) is 46.4 Å². The van der Waals surface area contributed by atoms with Gasteiger partial charge in [0.2, 0.25) is 5.91 Å². The fraction of sp³-hybridized carbons (Fsp3) is 0.300. The van der Waals surface area contributed by atoms with Gasteiger partial charge in [-0.15, -0.1) is 23.2 Å². The summed E-state index contributed by atoms with van der Waals surface area (Å²) in [6.45, 7) is -2.13. The third kappa shape index (κ3) is 5.58. The van der Waals surface area contributed by atoms with Crippen LogP contribution in [0.1, 0.15) is 21.8 Å². The van der Waals surface area contributed by atoms with Gasteiger partial charge in [-0.2, -0.15) is 22.0 Å². The topological polar surface area (TPSA) is 58.2 Å². The van der Waals surface area contributed by atoms with E-state index < -0.39 is 74.5 Å². The lowest BCUT2D eigenvalue weighted by molar-refractivity contribution is -0.278. The highest BCUT2D eigenvalue weighted by Crippen LogP contribution is 2.65. The van der Waals surface area contributed by atoms with E-state index in [1.54, 1.807) is 0 Å². The molecule has 2 aromatic carbocycles. The lowest BCUT2D eigenvalue weighted by atomic mass is 10.1. The van der Waals surface area contributed by atoms with Crippen molar-refractivity contribution >= 4 is 63.9 Å². The molecule has 190 valence electrons. The Kier molecular flexibility index (Phi) is 7.50. The summed E-state index contributed by atoms with van der Waals surface area (Å²) < 4.78 is 89.0. The largest absolute Gasteiger partial charge is 0.455 e. The van der Waals surface area contributed by atoms with Crippen LogP contribution in [0.15, 0.2) is 30.3 Å². The Labute approximate surface area is 212 Å². The fourth-order valence-electron chi connectivity index (χ4n) is 3.21. The minimum absolute atomic E-state index is 0.246. The van der Waals surface area contributed by atoms with E-state index in [1.807, 2.05) is 0 Å². The second-order valence-electron chi connectivity index (χ2n) is 7.50. The van der Waals surface area contributed by atoms with Gasteiger partial charge in [-0.3, -0.25) is 9.59 Å². The third-order valence-corrected chi connectivity index (χ3v) is 6.68. The second kappa shape index (κ2) is 9.49. The number of hydrogen-bond donors (Lipinski definition) is 2. The van der Waals surface area contributed by atoms with E-state index in [0.717, 1.165) is 12.1 Å². The molecule has 2 atom stereocenters. The molecule has 0 saturated heterocycles. The normalized spacial score (nSPS) is 19.3. The summed E-state index contributed by atoms with van der Waals surface area (Å²) in [5.74, 6) is -11.6. The highest BCUT2D eigenvalue weighted by atomic mass is 35.5. The number of carbonyl (C=O) groups is 2. The van der Waals surface area contributed by atoms with Crippen LogP contribution in [0.2, 0.25) is 10.0 Å². The summed E-state index contributed by atoms with van der Waals surface area (Å²) in [5, 5.41) is 2.42. The van der Waals surface area contributed by atoms with Gasteiger partial charge in [0.25, 0.3) is 5.91 Å². The van der Waals surface area contributed by atoms with Gasteiger partial charge in [0, 0.05) is 11.6 Å². The van der Waals surface area contributed by atoms with E-state index in [0.29, 0.717) is 11.6 Å². The van der Waals surface area contributed by atoms with Gasteiger partial charge in [-0.05, 0) is 29.8 Å². The van der Waals surface area contributed by atoms with Crippen LogP contribution in [0.5, 0.6) is 0 Å². The van der Waals surface area contributed by atoms with Crippen molar-refractivity contribution in [3.05, 3.63) is 63.1 Å². The lowest BCUT2D eigenvalue weighted by Crippen LogP contribution is -2.46. The third-order valence-electron chi connectivity index (χ3n) is 5.06. The van der Waals surface area contributed by atoms with Crippen molar-refractivity contribution in [2.24, 2.45) is 5.92 Å². The standard InChI is InChI=1S/C20H11Cl4F7N2O2/c21-10-3-7(1-2-11(10)25)13-14(19(13,23)24)17(35)33-8-4-9(15(22)12(26)5-8)16(34)32-6-18(27,28)20(29,30)31/h1-5,13-14H,6H2,(H,32,34)(H,33,35)/t13-,14+/m0/s1. The van der Waals surface area contributed by atoms with Crippen molar-refractivity contribution in [1.29, 1.82) is 0 Å². The molecule has 0 bridgehead atoms. The highest BCUT2D eigenvalue weighted by Gasteiger charge is 2.67. The Balaban J connectivity index is 1.78. The Morgan fingerprint density at radius 3 is 2.17 bits per heavy atom. The van der Waals surface area contributed by atoms with E-state index in [9.17, 15) is 40.3 Å². The number of carbonyl (C=O) groups excluding carboxylic acids is 2. The summed E-state index contributed by atoms with van der Waals surface area (Å²) in [6.07, 6.45) is -5.93. The first-order valence-electron chi connectivity index (χ1n) is 9.32. The Hall–Kier alpha value is -1.95. The number of rotatable bonds is 6. The maximum Gasteiger partial charge on any atom is 0.455 e. The molecule has 1 aliphatic carbocycles. The van der Waals surface area contributed by atoms with Crippen LogP contribution in [-0.2, 0) is 4.79 Å². The van der Waals surface area contributed by atoms with Gasteiger partial charge in [0.05, 0.1) is 28.1 Å². The number of hydrogen-bond acceptors (Lipinski definition) is 2. The first kappa shape index (κ1) is 27.6. The van der Waals surface area contributed by atoms with Gasteiger partial charge < -0.3 is 10.6 Å². The molecule has 0 aromatic heterocycles.